The van der Waals surface area contributed by atoms with Crippen LogP contribution in [-0.2, 0) is 0 Å². The lowest BCUT2D eigenvalue weighted by atomic mass is 9.99. The molecule has 0 aliphatic heterocycles. The first-order chi connectivity index (χ1) is 6.61. The Morgan fingerprint density at radius 3 is 2.93 bits per heavy atom. The molecule has 1 aromatic heterocycles. The highest BCUT2D eigenvalue weighted by Gasteiger charge is 2.26. The molecular formula is C8H11N5O. The minimum absolute atomic E-state index is 0.368. The van der Waals surface area contributed by atoms with Gasteiger partial charge in [-0.05, 0) is 23.8 Å². The molecule has 1 N–H and O–H groups in total. The summed E-state index contributed by atoms with van der Waals surface area (Å²) < 4.78 is 1.28. The molecule has 0 saturated heterocycles. The van der Waals surface area contributed by atoms with Crippen LogP contribution in [0.2, 0.25) is 0 Å². The number of nitrogens with zero attached hydrogens (tertiary/aromatic N) is 5. The normalized spacial score (nSPS) is 16.0. The Morgan fingerprint density at radius 2 is 2.50 bits per heavy atom. The highest BCUT2D eigenvalue weighted by molar-refractivity contribution is 5.55. The van der Waals surface area contributed by atoms with Gasteiger partial charge in [-0.15, -0.1) is 5.10 Å². The SMILES string of the molecule is CCC(C)(O)/C(=C/C#N)n1cnnn1. The van der Waals surface area contributed by atoms with Crippen LogP contribution in [0.25, 0.3) is 5.70 Å². The fraction of sp³-hybridized carbons (Fsp3) is 0.500. The molecule has 0 aromatic carbocycles. The number of rotatable bonds is 3. The molecule has 1 atom stereocenters. The van der Waals surface area contributed by atoms with E-state index in [2.05, 4.69) is 15.5 Å². The number of tetrazole rings is 1. The number of aliphatic hydroxyl groups is 1. The maximum absolute atomic E-state index is 9.95. The van der Waals surface area contributed by atoms with Crippen molar-refractivity contribution in [2.75, 3.05) is 0 Å². The van der Waals surface area contributed by atoms with Crippen molar-refractivity contribution in [3.05, 3.63) is 12.4 Å². The second-order valence-corrected chi connectivity index (χ2v) is 3.04. The fourth-order valence-corrected chi connectivity index (χ4v) is 0.982. The molecule has 6 nitrogen and oxygen atoms in total. The zero-order valence-corrected chi connectivity index (χ0v) is 8.05. The molecule has 1 rings (SSSR count). The predicted molar refractivity (Wildman–Crippen MR) is 48.6 cm³/mol. The molecule has 0 aliphatic rings. The Morgan fingerprint density at radius 1 is 1.79 bits per heavy atom. The van der Waals surface area contributed by atoms with Crippen LogP contribution in [0.15, 0.2) is 12.4 Å². The summed E-state index contributed by atoms with van der Waals surface area (Å²) in [5.41, 5.74) is -0.738. The average molecular weight is 193 g/mol. The van der Waals surface area contributed by atoms with Crippen LogP contribution in [0.1, 0.15) is 20.3 Å². The van der Waals surface area contributed by atoms with Crippen molar-refractivity contribution in [2.24, 2.45) is 0 Å². The molecule has 0 amide bonds. The largest absolute Gasteiger partial charge is 0.384 e. The van der Waals surface area contributed by atoms with Gasteiger partial charge in [0.25, 0.3) is 0 Å². The summed E-state index contributed by atoms with van der Waals surface area (Å²) in [6.45, 7) is 3.42. The first kappa shape index (κ1) is 10.3. The van der Waals surface area contributed by atoms with E-state index in [1.165, 1.54) is 17.1 Å². The van der Waals surface area contributed by atoms with E-state index in [1.807, 2.05) is 13.0 Å². The van der Waals surface area contributed by atoms with Gasteiger partial charge in [0.15, 0.2) is 0 Å². The summed E-state index contributed by atoms with van der Waals surface area (Å²) in [6, 6.07) is 1.86. The molecule has 1 aromatic rings. The topological polar surface area (TPSA) is 87.6 Å². The molecule has 0 bridgehead atoms. The van der Waals surface area contributed by atoms with Crippen molar-refractivity contribution in [2.45, 2.75) is 25.9 Å². The van der Waals surface area contributed by atoms with Gasteiger partial charge >= 0.3 is 0 Å². The third-order valence-corrected chi connectivity index (χ3v) is 2.04. The van der Waals surface area contributed by atoms with Gasteiger partial charge in [-0.1, -0.05) is 6.92 Å². The first-order valence-electron chi connectivity index (χ1n) is 4.18. The molecule has 1 unspecified atom stereocenters. The Hall–Kier alpha value is -1.74. The Balaban J connectivity index is 3.12. The third kappa shape index (κ3) is 1.95. The van der Waals surface area contributed by atoms with E-state index in [0.29, 0.717) is 12.1 Å². The molecule has 0 fully saturated rings. The number of allylic oxidation sites excluding steroid dienone is 1. The van der Waals surface area contributed by atoms with E-state index in [1.54, 1.807) is 6.92 Å². The Kier molecular flexibility index (Phi) is 2.94. The number of hydrogen-bond acceptors (Lipinski definition) is 5. The number of aromatic nitrogens is 4. The highest BCUT2D eigenvalue weighted by atomic mass is 16.3. The van der Waals surface area contributed by atoms with E-state index in [0.717, 1.165) is 0 Å². The van der Waals surface area contributed by atoms with Gasteiger partial charge in [0.2, 0.25) is 0 Å². The molecule has 0 radical (unpaired) electrons. The summed E-state index contributed by atoms with van der Waals surface area (Å²) >= 11 is 0. The monoisotopic (exact) mass is 193 g/mol. The van der Waals surface area contributed by atoms with Crippen LogP contribution < -0.4 is 0 Å². The second kappa shape index (κ2) is 3.98. The van der Waals surface area contributed by atoms with Crippen molar-refractivity contribution in [1.82, 2.24) is 20.2 Å². The molecule has 0 spiro atoms. The first-order valence-corrected chi connectivity index (χ1v) is 4.18. The van der Waals surface area contributed by atoms with E-state index in [4.69, 9.17) is 5.26 Å². The van der Waals surface area contributed by atoms with Crippen LogP contribution in [-0.4, -0.2) is 30.9 Å². The molecule has 0 aliphatic carbocycles. The van der Waals surface area contributed by atoms with Gasteiger partial charge in [-0.3, -0.25) is 0 Å². The van der Waals surface area contributed by atoms with Crippen molar-refractivity contribution >= 4 is 5.70 Å². The minimum atomic E-state index is -1.11. The summed E-state index contributed by atoms with van der Waals surface area (Å²) in [5.74, 6) is 0. The minimum Gasteiger partial charge on any atom is -0.384 e. The van der Waals surface area contributed by atoms with Gasteiger partial charge in [0, 0.05) is 6.08 Å². The van der Waals surface area contributed by atoms with Crippen LogP contribution >= 0.6 is 0 Å². The Bertz CT molecular complexity index is 360. The van der Waals surface area contributed by atoms with E-state index < -0.39 is 5.60 Å². The van der Waals surface area contributed by atoms with Crippen LogP contribution in [0.5, 0.6) is 0 Å². The van der Waals surface area contributed by atoms with Crippen LogP contribution in [0.4, 0.5) is 0 Å². The van der Waals surface area contributed by atoms with Crippen LogP contribution in [0.3, 0.4) is 0 Å². The second-order valence-electron chi connectivity index (χ2n) is 3.04. The number of hydrogen-bond donors (Lipinski definition) is 1. The summed E-state index contributed by atoms with van der Waals surface area (Å²) in [5, 5.41) is 29.0. The molecular weight excluding hydrogens is 182 g/mol. The molecule has 0 saturated carbocycles. The van der Waals surface area contributed by atoms with Gasteiger partial charge in [0.05, 0.1) is 11.8 Å². The van der Waals surface area contributed by atoms with Crippen molar-refractivity contribution in [3.8, 4) is 6.07 Å². The van der Waals surface area contributed by atoms with Crippen molar-refractivity contribution < 1.29 is 5.11 Å². The van der Waals surface area contributed by atoms with E-state index >= 15 is 0 Å². The maximum atomic E-state index is 9.95. The lowest BCUT2D eigenvalue weighted by Gasteiger charge is -2.23. The van der Waals surface area contributed by atoms with Gasteiger partial charge in [0.1, 0.15) is 11.9 Å². The zero-order valence-electron chi connectivity index (χ0n) is 8.05. The highest BCUT2D eigenvalue weighted by Crippen LogP contribution is 2.22. The Labute approximate surface area is 81.5 Å². The van der Waals surface area contributed by atoms with E-state index in [9.17, 15) is 5.11 Å². The predicted octanol–water partition coefficient (Wildman–Crippen LogP) is 0.199. The van der Waals surface area contributed by atoms with Crippen molar-refractivity contribution in [1.29, 1.82) is 5.26 Å². The van der Waals surface area contributed by atoms with Gasteiger partial charge in [-0.2, -0.15) is 5.26 Å². The van der Waals surface area contributed by atoms with Crippen LogP contribution in [0, 0.1) is 11.3 Å². The molecule has 1 heterocycles. The maximum Gasteiger partial charge on any atom is 0.143 e. The smallest absolute Gasteiger partial charge is 0.143 e. The van der Waals surface area contributed by atoms with E-state index in [-0.39, 0.29) is 0 Å². The van der Waals surface area contributed by atoms with Crippen molar-refractivity contribution in [3.63, 3.8) is 0 Å². The molecule has 14 heavy (non-hydrogen) atoms. The standard InChI is InChI=1S/C8H11N5O/c1-3-8(2,14)7(4-5-9)13-6-10-11-12-13/h4,6,14H,3H2,1-2H3/b7-4-. The quantitative estimate of drug-likeness (QED) is 0.693. The lowest BCUT2D eigenvalue weighted by molar-refractivity contribution is 0.111. The van der Waals surface area contributed by atoms with Gasteiger partial charge < -0.3 is 5.11 Å². The van der Waals surface area contributed by atoms with Gasteiger partial charge in [-0.25, -0.2) is 4.68 Å². The zero-order chi connectivity index (χ0) is 10.6. The number of nitriles is 1. The summed E-state index contributed by atoms with van der Waals surface area (Å²) in [6.07, 6.45) is 3.05. The third-order valence-electron chi connectivity index (χ3n) is 2.04. The summed E-state index contributed by atoms with van der Waals surface area (Å²) in [7, 11) is 0. The summed E-state index contributed by atoms with van der Waals surface area (Å²) in [4.78, 5) is 0. The molecule has 6 heteroatoms. The lowest BCUT2D eigenvalue weighted by Crippen LogP contribution is -2.28. The fourth-order valence-electron chi connectivity index (χ4n) is 0.982. The average Bonchev–Trinajstić information content (AvgIpc) is 2.66. The molecule has 74 valence electrons.